The summed E-state index contributed by atoms with van der Waals surface area (Å²) in [5, 5.41) is 2.99. The van der Waals surface area contributed by atoms with Crippen molar-refractivity contribution in [3.8, 4) is 0 Å². The van der Waals surface area contributed by atoms with Gasteiger partial charge in [0.05, 0.1) is 5.75 Å². The summed E-state index contributed by atoms with van der Waals surface area (Å²) in [7, 11) is 0. The van der Waals surface area contributed by atoms with Gasteiger partial charge in [-0.1, -0.05) is 19.9 Å². The summed E-state index contributed by atoms with van der Waals surface area (Å²) >= 11 is 1.15. The first-order valence-electron chi connectivity index (χ1n) is 9.53. The summed E-state index contributed by atoms with van der Waals surface area (Å²) in [4.78, 5) is 26.4. The van der Waals surface area contributed by atoms with Gasteiger partial charge in [0.2, 0.25) is 5.91 Å². The van der Waals surface area contributed by atoms with Crippen molar-refractivity contribution in [2.45, 2.75) is 51.5 Å². The monoisotopic (exact) mass is 394 g/mol. The lowest BCUT2D eigenvalue weighted by molar-refractivity contribution is -0.119. The zero-order chi connectivity index (χ0) is 20.2. The maximum atomic E-state index is 14.0. The van der Waals surface area contributed by atoms with Crippen LogP contribution >= 0.6 is 11.8 Å². The van der Waals surface area contributed by atoms with Crippen LogP contribution in [0.5, 0.6) is 0 Å². The average Bonchev–Trinajstić information content (AvgIpc) is 2.58. The highest BCUT2D eigenvalue weighted by Gasteiger charge is 2.32. The Bertz CT molecular complexity index is 683. The van der Waals surface area contributed by atoms with E-state index in [2.05, 4.69) is 37.9 Å². The second kappa shape index (κ2) is 9.20. The van der Waals surface area contributed by atoms with E-state index in [0.717, 1.165) is 24.9 Å². The maximum absolute atomic E-state index is 14.0. The quantitative estimate of drug-likeness (QED) is 0.561. The first kappa shape index (κ1) is 21.9. The number of piperidine rings is 1. The molecule has 4 nitrogen and oxygen atoms in total. The highest BCUT2D eigenvalue weighted by atomic mass is 32.2. The Morgan fingerprint density at radius 1 is 1.26 bits per heavy atom. The first-order valence-corrected chi connectivity index (χ1v) is 10.5. The number of nitrogens with one attached hydrogen (secondary N) is 1. The van der Waals surface area contributed by atoms with Gasteiger partial charge in [0.15, 0.2) is 5.78 Å². The Morgan fingerprint density at radius 3 is 2.44 bits per heavy atom. The number of benzene rings is 1. The normalized spacial score (nSPS) is 21.1. The molecule has 0 aliphatic carbocycles. The molecule has 1 fully saturated rings. The third-order valence-electron chi connectivity index (χ3n) is 5.14. The van der Waals surface area contributed by atoms with E-state index in [-0.39, 0.29) is 23.0 Å². The molecule has 2 rings (SSSR count). The van der Waals surface area contributed by atoms with Gasteiger partial charge < -0.3 is 5.32 Å². The summed E-state index contributed by atoms with van der Waals surface area (Å²) in [5.74, 6) is 0.741. The van der Waals surface area contributed by atoms with Crippen LogP contribution in [0.4, 0.5) is 4.39 Å². The van der Waals surface area contributed by atoms with Crippen LogP contribution < -0.4 is 5.32 Å². The molecule has 150 valence electrons. The topological polar surface area (TPSA) is 49.4 Å². The molecule has 1 aliphatic heterocycles. The van der Waals surface area contributed by atoms with Crippen molar-refractivity contribution in [3.05, 3.63) is 29.6 Å². The summed E-state index contributed by atoms with van der Waals surface area (Å²) in [6.45, 7) is 12.9. The molecule has 0 spiro atoms. The molecule has 0 bridgehead atoms. The molecule has 1 aromatic carbocycles. The van der Waals surface area contributed by atoms with Crippen molar-refractivity contribution < 1.29 is 14.0 Å². The highest BCUT2D eigenvalue weighted by Crippen LogP contribution is 2.27. The number of Topliss-reactive ketones (excluding diaryl/α,β-unsaturated/α-hetero) is 1. The molecular weight excluding hydrogens is 363 g/mol. The molecule has 6 heteroatoms. The third kappa shape index (κ3) is 6.32. The van der Waals surface area contributed by atoms with Crippen LogP contribution in [-0.4, -0.2) is 47.5 Å². The molecule has 1 heterocycles. The fourth-order valence-corrected chi connectivity index (χ4v) is 4.36. The number of carbonyl (C=O) groups is 2. The Balaban J connectivity index is 1.84. The van der Waals surface area contributed by atoms with Crippen molar-refractivity contribution >= 4 is 23.5 Å². The van der Waals surface area contributed by atoms with Gasteiger partial charge in [0.1, 0.15) is 5.82 Å². The molecule has 2 unspecified atom stereocenters. The predicted octanol–water partition coefficient (Wildman–Crippen LogP) is 3.99. The number of nitrogens with zero attached hydrogens (tertiary/aromatic N) is 1. The van der Waals surface area contributed by atoms with Gasteiger partial charge in [0.25, 0.3) is 0 Å². The van der Waals surface area contributed by atoms with Crippen LogP contribution in [-0.2, 0) is 4.79 Å². The van der Waals surface area contributed by atoms with Crippen LogP contribution in [0.25, 0.3) is 0 Å². The summed E-state index contributed by atoms with van der Waals surface area (Å²) in [6.07, 6.45) is 1.25. The van der Waals surface area contributed by atoms with Crippen LogP contribution in [0.3, 0.4) is 0 Å². The van der Waals surface area contributed by atoms with Crippen LogP contribution in [0, 0.1) is 17.7 Å². The number of hydrogen-bond acceptors (Lipinski definition) is 4. The molecule has 0 radical (unpaired) electrons. The summed E-state index contributed by atoms with van der Waals surface area (Å²) in [5.41, 5.74) is 0.227. The van der Waals surface area contributed by atoms with Crippen LogP contribution in [0.15, 0.2) is 23.1 Å². The van der Waals surface area contributed by atoms with Gasteiger partial charge in [-0.25, -0.2) is 4.39 Å². The molecule has 0 aromatic heterocycles. The Labute approximate surface area is 166 Å². The number of hydrogen-bond donors (Lipinski definition) is 1. The average molecular weight is 395 g/mol. The maximum Gasteiger partial charge on any atom is 0.230 e. The molecule has 2 atom stereocenters. The zero-order valence-corrected chi connectivity index (χ0v) is 17.8. The lowest BCUT2D eigenvalue weighted by Gasteiger charge is -2.45. The van der Waals surface area contributed by atoms with Gasteiger partial charge in [-0.3, -0.25) is 14.5 Å². The minimum absolute atomic E-state index is 0.110. The minimum Gasteiger partial charge on any atom is -0.354 e. The second-order valence-electron chi connectivity index (χ2n) is 8.43. The first-order chi connectivity index (χ1) is 12.6. The fourth-order valence-electron chi connectivity index (χ4n) is 3.62. The molecule has 0 saturated carbocycles. The molecule has 27 heavy (non-hydrogen) atoms. The van der Waals surface area contributed by atoms with Crippen LogP contribution in [0.1, 0.15) is 51.4 Å². The van der Waals surface area contributed by atoms with Gasteiger partial charge in [-0.15, -0.1) is 11.8 Å². The number of ketones is 1. The van der Waals surface area contributed by atoms with E-state index < -0.39 is 5.82 Å². The molecule has 1 aromatic rings. The van der Waals surface area contributed by atoms with Gasteiger partial charge in [-0.05, 0) is 51.2 Å². The SMILES string of the molecule is CC(=O)c1ccc(SCC(=O)NCC(C)(C)N2CC(C)CC(C)C2)c(F)c1. The van der Waals surface area contributed by atoms with Crippen molar-refractivity contribution in [1.82, 2.24) is 10.2 Å². The van der Waals surface area contributed by atoms with Crippen molar-refractivity contribution in [3.63, 3.8) is 0 Å². The number of likely N-dealkylation sites (tertiary alicyclic amines) is 1. The molecule has 1 amide bonds. The van der Waals surface area contributed by atoms with E-state index in [1.54, 1.807) is 12.1 Å². The predicted molar refractivity (Wildman–Crippen MR) is 109 cm³/mol. The summed E-state index contributed by atoms with van der Waals surface area (Å²) in [6, 6.07) is 4.38. The Morgan fingerprint density at radius 2 is 1.89 bits per heavy atom. The van der Waals surface area contributed by atoms with Crippen LogP contribution in [0.2, 0.25) is 0 Å². The molecule has 1 saturated heterocycles. The zero-order valence-electron chi connectivity index (χ0n) is 17.0. The third-order valence-corrected chi connectivity index (χ3v) is 6.19. The van der Waals surface area contributed by atoms with E-state index >= 15 is 0 Å². The Hall–Kier alpha value is -1.40. The van der Waals surface area contributed by atoms with Crippen molar-refractivity contribution in [1.29, 1.82) is 0 Å². The van der Waals surface area contributed by atoms with E-state index in [9.17, 15) is 14.0 Å². The second-order valence-corrected chi connectivity index (χ2v) is 9.45. The highest BCUT2D eigenvalue weighted by molar-refractivity contribution is 8.00. The molecular formula is C21H31FN2O2S. The number of halogens is 1. The van der Waals surface area contributed by atoms with E-state index in [1.165, 1.54) is 19.4 Å². The van der Waals surface area contributed by atoms with E-state index in [0.29, 0.717) is 28.8 Å². The number of rotatable bonds is 7. The molecule has 1 N–H and O–H groups in total. The summed E-state index contributed by atoms with van der Waals surface area (Å²) < 4.78 is 14.0. The smallest absolute Gasteiger partial charge is 0.230 e. The number of carbonyl (C=O) groups excluding carboxylic acids is 2. The fraction of sp³-hybridized carbons (Fsp3) is 0.619. The standard InChI is InChI=1S/C21H31FN2O2S/c1-14-8-15(2)11-24(10-14)21(4,5)13-23-20(26)12-27-19-7-6-17(16(3)25)9-18(19)22/h6-7,9,14-15H,8,10-13H2,1-5H3,(H,23,26). The van der Waals surface area contributed by atoms with E-state index in [1.807, 2.05) is 0 Å². The van der Waals surface area contributed by atoms with Gasteiger partial charge in [-0.2, -0.15) is 0 Å². The largest absolute Gasteiger partial charge is 0.354 e. The van der Waals surface area contributed by atoms with Gasteiger partial charge >= 0.3 is 0 Å². The lowest BCUT2D eigenvalue weighted by atomic mass is 9.88. The van der Waals surface area contributed by atoms with E-state index in [4.69, 9.17) is 0 Å². The number of amides is 1. The van der Waals surface area contributed by atoms with Gasteiger partial charge in [0, 0.05) is 35.6 Å². The van der Waals surface area contributed by atoms with Crippen molar-refractivity contribution in [2.75, 3.05) is 25.4 Å². The lowest BCUT2D eigenvalue weighted by Crippen LogP contribution is -2.56. The Kier molecular flexibility index (Phi) is 7.46. The number of thioether (sulfide) groups is 1. The molecule has 1 aliphatic rings. The van der Waals surface area contributed by atoms with Crippen molar-refractivity contribution in [2.24, 2.45) is 11.8 Å². The minimum atomic E-state index is -0.461.